The van der Waals surface area contributed by atoms with Crippen LogP contribution in [0.2, 0.25) is 0 Å². The highest BCUT2D eigenvalue weighted by Crippen LogP contribution is 2.43. The Balaban J connectivity index is 1.95. The molecule has 1 aliphatic carbocycles. The van der Waals surface area contributed by atoms with Crippen LogP contribution in [0.1, 0.15) is 40.0 Å². The summed E-state index contributed by atoms with van der Waals surface area (Å²) >= 11 is 0. The second kappa shape index (κ2) is 6.09. The van der Waals surface area contributed by atoms with Crippen LogP contribution in [0.15, 0.2) is 5.11 Å². The van der Waals surface area contributed by atoms with E-state index in [4.69, 9.17) is 19.7 Å². The van der Waals surface area contributed by atoms with Gasteiger partial charge < -0.3 is 14.2 Å². The van der Waals surface area contributed by atoms with Crippen LogP contribution in [-0.2, 0) is 14.2 Å². The summed E-state index contributed by atoms with van der Waals surface area (Å²) < 4.78 is 17.5. The van der Waals surface area contributed by atoms with Crippen molar-refractivity contribution < 1.29 is 14.2 Å². The van der Waals surface area contributed by atoms with E-state index in [9.17, 15) is 0 Å². The molecule has 2 aliphatic rings. The molecule has 2 fully saturated rings. The van der Waals surface area contributed by atoms with Gasteiger partial charge in [-0.3, -0.25) is 0 Å². The SMILES string of the molecule is CCCCOC[C@H]1C[C@@H](N=[N+]=[N-])C2OC(C)(C)OC21. The third kappa shape index (κ3) is 3.39. The minimum absolute atomic E-state index is 0.0212. The van der Waals surface area contributed by atoms with Crippen molar-refractivity contribution >= 4 is 0 Å². The fourth-order valence-corrected chi connectivity index (χ4v) is 2.88. The smallest absolute Gasteiger partial charge is 0.163 e. The summed E-state index contributed by atoms with van der Waals surface area (Å²) in [6.45, 7) is 7.36. The first-order valence-corrected chi connectivity index (χ1v) is 7.05. The lowest BCUT2D eigenvalue weighted by Crippen LogP contribution is -2.28. The Morgan fingerprint density at radius 1 is 1.37 bits per heavy atom. The highest BCUT2D eigenvalue weighted by molar-refractivity contribution is 5.01. The lowest BCUT2D eigenvalue weighted by molar-refractivity contribution is -0.160. The number of rotatable bonds is 6. The first kappa shape index (κ1) is 14.6. The highest BCUT2D eigenvalue weighted by Gasteiger charge is 2.53. The average molecular weight is 269 g/mol. The molecule has 2 rings (SSSR count). The number of ether oxygens (including phenoxy) is 3. The summed E-state index contributed by atoms with van der Waals surface area (Å²) in [5.74, 6) is -0.347. The molecule has 0 aromatic carbocycles. The molecule has 6 nitrogen and oxygen atoms in total. The summed E-state index contributed by atoms with van der Waals surface area (Å²) in [6.07, 6.45) is 2.83. The van der Waals surface area contributed by atoms with Crippen molar-refractivity contribution in [2.45, 2.75) is 64.1 Å². The first-order valence-electron chi connectivity index (χ1n) is 7.05. The summed E-state index contributed by atoms with van der Waals surface area (Å²) in [5.41, 5.74) is 8.64. The van der Waals surface area contributed by atoms with Gasteiger partial charge in [0.05, 0.1) is 24.9 Å². The van der Waals surface area contributed by atoms with Gasteiger partial charge >= 0.3 is 0 Å². The molecular weight excluding hydrogens is 246 g/mol. The zero-order chi connectivity index (χ0) is 13.9. The Hall–Kier alpha value is -0.810. The molecule has 0 aromatic rings. The molecule has 1 saturated heterocycles. The Morgan fingerprint density at radius 3 is 2.79 bits per heavy atom. The van der Waals surface area contributed by atoms with Crippen molar-refractivity contribution in [1.82, 2.24) is 0 Å². The van der Waals surface area contributed by atoms with E-state index < -0.39 is 5.79 Å². The van der Waals surface area contributed by atoms with Crippen molar-refractivity contribution in [3.05, 3.63) is 10.4 Å². The number of hydrogen-bond donors (Lipinski definition) is 0. The van der Waals surface area contributed by atoms with Crippen LogP contribution in [0.4, 0.5) is 0 Å². The first-order chi connectivity index (χ1) is 9.07. The predicted molar refractivity (Wildman–Crippen MR) is 70.6 cm³/mol. The molecule has 0 N–H and O–H groups in total. The average Bonchev–Trinajstić information content (AvgIpc) is 2.81. The number of nitrogens with zero attached hydrogens (tertiary/aromatic N) is 3. The topological polar surface area (TPSA) is 76.5 Å². The van der Waals surface area contributed by atoms with Crippen LogP contribution >= 0.6 is 0 Å². The zero-order valence-electron chi connectivity index (χ0n) is 11.9. The van der Waals surface area contributed by atoms with Crippen LogP contribution < -0.4 is 0 Å². The molecule has 1 saturated carbocycles. The second-order valence-electron chi connectivity index (χ2n) is 5.76. The van der Waals surface area contributed by atoms with Gasteiger partial charge in [-0.1, -0.05) is 18.5 Å². The Labute approximate surface area is 114 Å². The van der Waals surface area contributed by atoms with Crippen molar-refractivity contribution in [3.63, 3.8) is 0 Å². The molecule has 4 atom stereocenters. The second-order valence-corrected chi connectivity index (χ2v) is 5.76. The van der Waals surface area contributed by atoms with Gasteiger partial charge in [-0.25, -0.2) is 0 Å². The van der Waals surface area contributed by atoms with Gasteiger partial charge in [-0.2, -0.15) is 0 Å². The fourth-order valence-electron chi connectivity index (χ4n) is 2.88. The Morgan fingerprint density at radius 2 is 2.11 bits per heavy atom. The van der Waals surface area contributed by atoms with Crippen LogP contribution in [-0.4, -0.2) is 37.3 Å². The molecule has 0 spiro atoms. The van der Waals surface area contributed by atoms with E-state index >= 15 is 0 Å². The van der Waals surface area contributed by atoms with E-state index in [1.54, 1.807) is 0 Å². The molecule has 6 heteroatoms. The van der Waals surface area contributed by atoms with Crippen LogP contribution in [0.5, 0.6) is 0 Å². The van der Waals surface area contributed by atoms with Crippen molar-refractivity contribution in [2.24, 2.45) is 11.0 Å². The zero-order valence-corrected chi connectivity index (χ0v) is 11.9. The number of azide groups is 1. The predicted octanol–water partition coefficient (Wildman–Crippen LogP) is 3.02. The van der Waals surface area contributed by atoms with Gasteiger partial charge in [0.25, 0.3) is 0 Å². The quantitative estimate of drug-likeness (QED) is 0.322. The molecule has 19 heavy (non-hydrogen) atoms. The van der Waals surface area contributed by atoms with Gasteiger partial charge in [0.15, 0.2) is 5.79 Å². The normalized spacial score (nSPS) is 35.9. The van der Waals surface area contributed by atoms with Crippen molar-refractivity contribution in [1.29, 1.82) is 0 Å². The van der Waals surface area contributed by atoms with E-state index in [0.29, 0.717) is 6.61 Å². The molecule has 108 valence electrons. The van der Waals surface area contributed by atoms with E-state index in [1.807, 2.05) is 13.8 Å². The molecule has 2 unspecified atom stereocenters. The van der Waals surface area contributed by atoms with Crippen LogP contribution in [0, 0.1) is 5.92 Å². The summed E-state index contributed by atoms with van der Waals surface area (Å²) in [5, 5.41) is 3.85. The molecule has 0 bridgehead atoms. The molecule has 1 aliphatic heterocycles. The molecule has 0 radical (unpaired) electrons. The number of fused-ring (bicyclic) bond motifs is 1. The third-order valence-corrected chi connectivity index (χ3v) is 3.73. The molecule has 0 aromatic heterocycles. The van der Waals surface area contributed by atoms with E-state index in [-0.39, 0.29) is 24.2 Å². The van der Waals surface area contributed by atoms with Crippen molar-refractivity contribution in [3.8, 4) is 0 Å². The maximum Gasteiger partial charge on any atom is 0.163 e. The monoisotopic (exact) mass is 269 g/mol. The lowest BCUT2D eigenvalue weighted by atomic mass is 10.1. The minimum Gasteiger partial charge on any atom is -0.381 e. The Bertz CT molecular complexity index is 355. The van der Waals surface area contributed by atoms with Crippen LogP contribution in [0.3, 0.4) is 0 Å². The maximum absolute atomic E-state index is 8.64. The van der Waals surface area contributed by atoms with E-state index in [1.165, 1.54) is 0 Å². The maximum atomic E-state index is 8.64. The number of unbranched alkanes of at least 4 members (excludes halogenated alkanes) is 1. The minimum atomic E-state index is -0.597. The van der Waals surface area contributed by atoms with E-state index in [0.717, 1.165) is 25.9 Å². The van der Waals surface area contributed by atoms with Gasteiger partial charge in [-0.05, 0) is 32.2 Å². The molecular formula is C13H23N3O3. The van der Waals surface area contributed by atoms with Gasteiger partial charge in [0.1, 0.15) is 0 Å². The van der Waals surface area contributed by atoms with Crippen LogP contribution in [0.25, 0.3) is 10.4 Å². The molecule has 1 heterocycles. The lowest BCUT2D eigenvalue weighted by Gasteiger charge is -2.22. The molecule has 0 amide bonds. The van der Waals surface area contributed by atoms with Crippen molar-refractivity contribution in [2.75, 3.05) is 13.2 Å². The number of hydrogen-bond acceptors (Lipinski definition) is 4. The largest absolute Gasteiger partial charge is 0.381 e. The fraction of sp³-hybridized carbons (Fsp3) is 1.00. The summed E-state index contributed by atoms with van der Waals surface area (Å²) in [6, 6.07) is -0.142. The Kier molecular flexibility index (Phi) is 4.68. The summed E-state index contributed by atoms with van der Waals surface area (Å²) in [7, 11) is 0. The summed E-state index contributed by atoms with van der Waals surface area (Å²) in [4.78, 5) is 2.92. The van der Waals surface area contributed by atoms with Gasteiger partial charge in [-0.15, -0.1) is 0 Å². The highest BCUT2D eigenvalue weighted by atomic mass is 16.8. The third-order valence-electron chi connectivity index (χ3n) is 3.73. The van der Waals surface area contributed by atoms with E-state index in [2.05, 4.69) is 16.9 Å². The van der Waals surface area contributed by atoms with Gasteiger partial charge in [0.2, 0.25) is 0 Å². The van der Waals surface area contributed by atoms with Gasteiger partial charge in [0, 0.05) is 17.4 Å². The standard InChI is InChI=1S/C13H23N3O3/c1-4-5-6-17-8-9-7-10(15-16-14)12-11(9)18-13(2,3)19-12/h9-12H,4-8H2,1-3H3/t9-,10-,11?,12?/m1/s1.